The van der Waals surface area contributed by atoms with E-state index in [4.69, 9.17) is 0 Å². The zero-order valence-corrected chi connectivity index (χ0v) is 17.7. The number of carbonyl (C=O) groups excluding carboxylic acids is 1. The molecule has 0 spiro atoms. The summed E-state index contributed by atoms with van der Waals surface area (Å²) in [4.78, 5) is 30.1. The zero-order valence-electron chi connectivity index (χ0n) is 17.7. The number of nitrogens with zero attached hydrogens (tertiary/aromatic N) is 3. The summed E-state index contributed by atoms with van der Waals surface area (Å²) in [5, 5.41) is 2.92. The number of fused-ring (bicyclic) bond motifs is 3. The lowest BCUT2D eigenvalue weighted by Gasteiger charge is -2.12. The molecule has 0 saturated carbocycles. The van der Waals surface area contributed by atoms with Gasteiger partial charge in [0, 0.05) is 23.6 Å². The first-order chi connectivity index (χ1) is 15.6. The Hall–Kier alpha value is -4.19. The topological polar surface area (TPSA) is 68.4 Å². The van der Waals surface area contributed by atoms with Gasteiger partial charge in [0.05, 0.1) is 12.1 Å². The Labute approximate surface area is 184 Å². The van der Waals surface area contributed by atoms with E-state index in [9.17, 15) is 9.59 Å². The second-order valence-electron chi connectivity index (χ2n) is 7.70. The van der Waals surface area contributed by atoms with Gasteiger partial charge in [-0.05, 0) is 66.1 Å². The third-order valence-electron chi connectivity index (χ3n) is 5.67. The third-order valence-corrected chi connectivity index (χ3v) is 5.67. The summed E-state index contributed by atoms with van der Waals surface area (Å²) < 4.78 is 3.54. The minimum atomic E-state index is -0.167. The normalized spacial score (nSPS) is 11.2. The predicted molar refractivity (Wildman–Crippen MR) is 126 cm³/mol. The van der Waals surface area contributed by atoms with Crippen molar-refractivity contribution in [1.29, 1.82) is 0 Å². The molecular weight excluding hydrogens is 400 g/mol. The number of amides is 1. The molecule has 0 radical (unpaired) electrons. The minimum absolute atomic E-state index is 0.0986. The highest BCUT2D eigenvalue weighted by Gasteiger charge is 2.12. The molecule has 2 aromatic carbocycles. The third kappa shape index (κ3) is 3.56. The summed E-state index contributed by atoms with van der Waals surface area (Å²) in [6.07, 6.45) is 4.52. The molecule has 32 heavy (non-hydrogen) atoms. The SMILES string of the molecule is CCc1ccc(NC(=O)c2ccc(Cn3c(=O)c4cccn4c4cccnc43)cc2)cc1. The monoisotopic (exact) mass is 422 g/mol. The van der Waals surface area contributed by atoms with E-state index in [0.717, 1.165) is 23.2 Å². The van der Waals surface area contributed by atoms with E-state index in [1.165, 1.54) is 5.56 Å². The summed E-state index contributed by atoms with van der Waals surface area (Å²) in [7, 11) is 0. The molecule has 0 aliphatic carbocycles. The largest absolute Gasteiger partial charge is 0.322 e. The van der Waals surface area contributed by atoms with Crippen LogP contribution in [0, 0.1) is 0 Å². The lowest BCUT2D eigenvalue weighted by Crippen LogP contribution is -2.24. The van der Waals surface area contributed by atoms with Gasteiger partial charge in [0.2, 0.25) is 0 Å². The summed E-state index contributed by atoms with van der Waals surface area (Å²) in [5.41, 5.74) is 5.47. The molecule has 0 aliphatic heterocycles. The van der Waals surface area contributed by atoms with Gasteiger partial charge in [0.25, 0.3) is 11.5 Å². The van der Waals surface area contributed by atoms with Crippen molar-refractivity contribution in [3.63, 3.8) is 0 Å². The summed E-state index contributed by atoms with van der Waals surface area (Å²) in [5.74, 6) is -0.167. The van der Waals surface area contributed by atoms with E-state index in [1.807, 2.05) is 71.3 Å². The fourth-order valence-corrected chi connectivity index (χ4v) is 3.90. The van der Waals surface area contributed by atoms with Crippen LogP contribution in [0.5, 0.6) is 0 Å². The van der Waals surface area contributed by atoms with E-state index in [-0.39, 0.29) is 11.5 Å². The molecule has 5 aromatic rings. The van der Waals surface area contributed by atoms with E-state index < -0.39 is 0 Å². The van der Waals surface area contributed by atoms with Gasteiger partial charge in [-0.1, -0.05) is 31.2 Å². The highest BCUT2D eigenvalue weighted by atomic mass is 16.1. The van der Waals surface area contributed by atoms with Crippen LogP contribution >= 0.6 is 0 Å². The molecule has 158 valence electrons. The molecule has 0 unspecified atom stereocenters. The van der Waals surface area contributed by atoms with Crippen LogP contribution in [0.2, 0.25) is 0 Å². The van der Waals surface area contributed by atoms with Crippen molar-refractivity contribution in [2.24, 2.45) is 0 Å². The standard InChI is InChI=1S/C26H22N4O2/c1-2-18-9-13-21(14-10-18)28-25(31)20-11-7-19(8-12-20)17-30-24-22(5-3-15-27-24)29-16-4-6-23(29)26(30)32/h3-16H,2,17H2,1H3,(H,28,31). The van der Waals surface area contributed by atoms with E-state index >= 15 is 0 Å². The van der Waals surface area contributed by atoms with Crippen LogP contribution in [0.15, 0.2) is 90.0 Å². The molecule has 5 rings (SSSR count). The first kappa shape index (κ1) is 19.8. The van der Waals surface area contributed by atoms with Gasteiger partial charge in [-0.15, -0.1) is 0 Å². The van der Waals surface area contributed by atoms with Gasteiger partial charge in [-0.3, -0.25) is 14.2 Å². The van der Waals surface area contributed by atoms with Crippen molar-refractivity contribution in [3.8, 4) is 0 Å². The quantitative estimate of drug-likeness (QED) is 0.453. The van der Waals surface area contributed by atoms with Crippen molar-refractivity contribution in [2.75, 3.05) is 5.32 Å². The first-order valence-corrected chi connectivity index (χ1v) is 10.6. The maximum Gasteiger partial charge on any atom is 0.276 e. The maximum atomic E-state index is 13.1. The highest BCUT2D eigenvalue weighted by molar-refractivity contribution is 6.04. The van der Waals surface area contributed by atoms with Crippen molar-refractivity contribution in [2.45, 2.75) is 19.9 Å². The van der Waals surface area contributed by atoms with Crippen molar-refractivity contribution in [1.82, 2.24) is 14.0 Å². The summed E-state index contributed by atoms with van der Waals surface area (Å²) in [6, 6.07) is 22.6. The highest BCUT2D eigenvalue weighted by Crippen LogP contribution is 2.16. The molecule has 0 atom stereocenters. The Morgan fingerprint density at radius 3 is 2.38 bits per heavy atom. The van der Waals surface area contributed by atoms with Crippen LogP contribution in [0.4, 0.5) is 5.69 Å². The Morgan fingerprint density at radius 2 is 1.62 bits per heavy atom. The van der Waals surface area contributed by atoms with Gasteiger partial charge in [-0.25, -0.2) is 4.98 Å². The van der Waals surface area contributed by atoms with Crippen LogP contribution in [-0.4, -0.2) is 19.9 Å². The first-order valence-electron chi connectivity index (χ1n) is 10.6. The molecule has 0 saturated heterocycles. The molecule has 0 bridgehead atoms. The molecule has 1 N–H and O–H groups in total. The van der Waals surface area contributed by atoms with Crippen molar-refractivity contribution < 1.29 is 4.79 Å². The molecule has 6 heteroatoms. The molecule has 3 heterocycles. The second-order valence-corrected chi connectivity index (χ2v) is 7.70. The lowest BCUT2D eigenvalue weighted by molar-refractivity contribution is 0.102. The molecular formula is C26H22N4O2. The lowest BCUT2D eigenvalue weighted by atomic mass is 10.1. The van der Waals surface area contributed by atoms with Crippen LogP contribution in [-0.2, 0) is 13.0 Å². The van der Waals surface area contributed by atoms with Gasteiger partial charge in [-0.2, -0.15) is 0 Å². The Bertz CT molecular complexity index is 1480. The number of benzene rings is 2. The number of aryl methyl sites for hydroxylation is 1. The van der Waals surface area contributed by atoms with Gasteiger partial charge < -0.3 is 9.72 Å². The Balaban J connectivity index is 1.41. The molecule has 0 fully saturated rings. The van der Waals surface area contributed by atoms with Crippen LogP contribution in [0.3, 0.4) is 0 Å². The van der Waals surface area contributed by atoms with Crippen LogP contribution < -0.4 is 10.9 Å². The van der Waals surface area contributed by atoms with E-state index in [2.05, 4.69) is 17.2 Å². The molecule has 3 aromatic heterocycles. The van der Waals surface area contributed by atoms with Crippen molar-refractivity contribution >= 4 is 28.3 Å². The number of hydrogen-bond donors (Lipinski definition) is 1. The fourth-order valence-electron chi connectivity index (χ4n) is 3.90. The van der Waals surface area contributed by atoms with Crippen LogP contribution in [0.25, 0.3) is 16.7 Å². The summed E-state index contributed by atoms with van der Waals surface area (Å²) >= 11 is 0. The zero-order chi connectivity index (χ0) is 22.1. The van der Waals surface area contributed by atoms with Gasteiger partial charge >= 0.3 is 0 Å². The molecule has 6 nitrogen and oxygen atoms in total. The fraction of sp³-hybridized carbons (Fsp3) is 0.115. The average Bonchev–Trinajstić information content (AvgIpc) is 3.33. The Kier molecular flexibility index (Phi) is 5.03. The number of anilines is 1. The van der Waals surface area contributed by atoms with Crippen LogP contribution in [0.1, 0.15) is 28.4 Å². The molecule has 0 aliphatic rings. The second kappa shape index (κ2) is 8.15. The number of nitrogens with one attached hydrogen (secondary N) is 1. The van der Waals surface area contributed by atoms with Gasteiger partial charge in [0.15, 0.2) is 5.65 Å². The number of hydrogen-bond acceptors (Lipinski definition) is 3. The maximum absolute atomic E-state index is 13.1. The number of rotatable bonds is 5. The smallest absolute Gasteiger partial charge is 0.276 e. The number of pyridine rings is 1. The Morgan fingerprint density at radius 1 is 0.906 bits per heavy atom. The van der Waals surface area contributed by atoms with E-state index in [0.29, 0.717) is 23.3 Å². The molecule has 1 amide bonds. The minimum Gasteiger partial charge on any atom is -0.322 e. The number of aromatic nitrogens is 3. The van der Waals surface area contributed by atoms with Gasteiger partial charge in [0.1, 0.15) is 5.52 Å². The summed E-state index contributed by atoms with van der Waals surface area (Å²) in [6.45, 7) is 2.47. The van der Waals surface area contributed by atoms with E-state index in [1.54, 1.807) is 22.9 Å². The predicted octanol–water partition coefficient (Wildman–Crippen LogP) is 4.51. The number of carbonyl (C=O) groups is 1. The van der Waals surface area contributed by atoms with Crippen molar-refractivity contribution in [3.05, 3.63) is 112 Å². The average molecular weight is 422 g/mol.